The normalized spacial score (nSPS) is 11.9. The Labute approximate surface area is 104 Å². The van der Waals surface area contributed by atoms with Crippen molar-refractivity contribution < 1.29 is 14.3 Å². The summed E-state index contributed by atoms with van der Waals surface area (Å²) in [4.78, 5) is 22.4. The number of imide groups is 1. The van der Waals surface area contributed by atoms with Crippen LogP contribution >= 0.6 is 0 Å². The van der Waals surface area contributed by atoms with Gasteiger partial charge in [0.15, 0.2) is 0 Å². The average molecular weight is 255 g/mol. The predicted molar refractivity (Wildman–Crippen MR) is 62.4 cm³/mol. The van der Waals surface area contributed by atoms with E-state index in [2.05, 4.69) is 20.4 Å². The first-order chi connectivity index (χ1) is 8.56. The van der Waals surface area contributed by atoms with Crippen LogP contribution < -0.4 is 11.1 Å². The number of carbonyl (C=O) groups is 2. The first-order valence-electron chi connectivity index (χ1n) is 5.69. The Morgan fingerprint density at radius 2 is 2.28 bits per heavy atom. The maximum absolute atomic E-state index is 11.4. The third-order valence-corrected chi connectivity index (χ3v) is 2.20. The zero-order valence-corrected chi connectivity index (χ0v) is 10.4. The molecule has 1 rings (SSSR count). The van der Waals surface area contributed by atoms with Gasteiger partial charge in [0.1, 0.15) is 6.54 Å². The molecule has 0 bridgehead atoms. The lowest BCUT2D eigenvalue weighted by molar-refractivity contribution is -0.121. The average Bonchev–Trinajstić information content (AvgIpc) is 2.76. The van der Waals surface area contributed by atoms with Gasteiger partial charge in [-0.25, -0.2) is 9.48 Å². The molecule has 0 aliphatic heterocycles. The second-order valence-corrected chi connectivity index (χ2v) is 3.62. The third kappa shape index (κ3) is 4.13. The van der Waals surface area contributed by atoms with E-state index in [0.29, 0.717) is 5.69 Å². The number of alkyl carbamates (subject to hydrolysis) is 1. The number of nitrogens with two attached hydrogens (primary N) is 1. The highest BCUT2D eigenvalue weighted by molar-refractivity contribution is 5.91. The fourth-order valence-corrected chi connectivity index (χ4v) is 1.24. The van der Waals surface area contributed by atoms with Gasteiger partial charge in [-0.05, 0) is 13.3 Å². The van der Waals surface area contributed by atoms with E-state index in [4.69, 9.17) is 5.73 Å². The smallest absolute Gasteiger partial charge is 0.413 e. The minimum absolute atomic E-state index is 0.109. The molecule has 0 radical (unpaired) electrons. The van der Waals surface area contributed by atoms with Crippen LogP contribution in [0, 0.1) is 0 Å². The van der Waals surface area contributed by atoms with Gasteiger partial charge in [-0.15, -0.1) is 5.10 Å². The SMILES string of the molecule is CCOC(=O)NC(=O)Cn1cc(C(N)CC)nn1. The lowest BCUT2D eigenvalue weighted by Crippen LogP contribution is -2.33. The van der Waals surface area contributed by atoms with Crippen molar-refractivity contribution in [3.05, 3.63) is 11.9 Å². The van der Waals surface area contributed by atoms with Crippen molar-refractivity contribution in [2.75, 3.05) is 6.61 Å². The molecular weight excluding hydrogens is 238 g/mol. The van der Waals surface area contributed by atoms with Crippen molar-refractivity contribution >= 4 is 12.0 Å². The van der Waals surface area contributed by atoms with E-state index in [-0.39, 0.29) is 19.2 Å². The molecule has 2 amide bonds. The number of nitrogens with zero attached hydrogens (tertiary/aromatic N) is 3. The molecule has 0 aliphatic rings. The Hall–Kier alpha value is -1.96. The summed E-state index contributed by atoms with van der Waals surface area (Å²) >= 11 is 0. The second kappa shape index (κ2) is 6.70. The van der Waals surface area contributed by atoms with Gasteiger partial charge in [0.2, 0.25) is 0 Å². The van der Waals surface area contributed by atoms with E-state index in [9.17, 15) is 9.59 Å². The summed E-state index contributed by atoms with van der Waals surface area (Å²) in [7, 11) is 0. The van der Waals surface area contributed by atoms with E-state index >= 15 is 0 Å². The van der Waals surface area contributed by atoms with Crippen LogP contribution in [0.3, 0.4) is 0 Å². The van der Waals surface area contributed by atoms with Crippen LogP contribution in [-0.2, 0) is 16.1 Å². The molecule has 1 aromatic rings. The Balaban J connectivity index is 2.49. The summed E-state index contributed by atoms with van der Waals surface area (Å²) in [6.07, 6.45) is 1.54. The molecule has 0 aliphatic carbocycles. The van der Waals surface area contributed by atoms with Gasteiger partial charge in [0.05, 0.1) is 24.5 Å². The molecule has 0 saturated heterocycles. The van der Waals surface area contributed by atoms with Gasteiger partial charge in [-0.2, -0.15) is 0 Å². The second-order valence-electron chi connectivity index (χ2n) is 3.62. The molecule has 8 nitrogen and oxygen atoms in total. The van der Waals surface area contributed by atoms with E-state index in [1.165, 1.54) is 4.68 Å². The fourth-order valence-electron chi connectivity index (χ4n) is 1.24. The lowest BCUT2D eigenvalue weighted by Gasteiger charge is -2.04. The molecule has 1 heterocycles. The molecule has 1 aromatic heterocycles. The number of ether oxygens (including phenoxy) is 1. The van der Waals surface area contributed by atoms with Crippen molar-refractivity contribution in [1.82, 2.24) is 20.3 Å². The first-order valence-corrected chi connectivity index (χ1v) is 5.69. The van der Waals surface area contributed by atoms with Crippen molar-refractivity contribution in [1.29, 1.82) is 0 Å². The maximum atomic E-state index is 11.4. The third-order valence-electron chi connectivity index (χ3n) is 2.20. The van der Waals surface area contributed by atoms with Crippen LogP contribution in [0.15, 0.2) is 6.20 Å². The number of amides is 2. The summed E-state index contributed by atoms with van der Waals surface area (Å²) in [5.41, 5.74) is 6.38. The predicted octanol–water partition coefficient (Wildman–Crippen LogP) is -0.0394. The molecular formula is C10H17N5O3. The monoisotopic (exact) mass is 255 g/mol. The van der Waals surface area contributed by atoms with Crippen molar-refractivity contribution in [2.45, 2.75) is 32.9 Å². The zero-order valence-electron chi connectivity index (χ0n) is 10.4. The number of carbonyl (C=O) groups excluding carboxylic acids is 2. The Morgan fingerprint density at radius 3 is 2.89 bits per heavy atom. The van der Waals surface area contributed by atoms with Gasteiger partial charge in [0.25, 0.3) is 5.91 Å². The number of hydrogen-bond acceptors (Lipinski definition) is 6. The molecule has 3 N–H and O–H groups in total. The zero-order chi connectivity index (χ0) is 13.5. The number of aromatic nitrogens is 3. The summed E-state index contributed by atoms with van der Waals surface area (Å²) in [5, 5.41) is 9.66. The Kier molecular flexibility index (Phi) is 5.25. The van der Waals surface area contributed by atoms with Gasteiger partial charge < -0.3 is 10.5 Å². The molecule has 18 heavy (non-hydrogen) atoms. The number of rotatable bonds is 5. The van der Waals surface area contributed by atoms with Gasteiger partial charge in [0, 0.05) is 0 Å². The van der Waals surface area contributed by atoms with Crippen LogP contribution in [0.5, 0.6) is 0 Å². The van der Waals surface area contributed by atoms with E-state index in [1.807, 2.05) is 6.92 Å². The van der Waals surface area contributed by atoms with Crippen LogP contribution in [0.25, 0.3) is 0 Å². The number of hydrogen-bond donors (Lipinski definition) is 2. The maximum Gasteiger partial charge on any atom is 0.413 e. The van der Waals surface area contributed by atoms with E-state index < -0.39 is 12.0 Å². The highest BCUT2D eigenvalue weighted by Crippen LogP contribution is 2.08. The first kappa shape index (κ1) is 14.1. The van der Waals surface area contributed by atoms with Crippen LogP contribution in [-0.4, -0.2) is 33.6 Å². The highest BCUT2D eigenvalue weighted by Gasteiger charge is 2.12. The Morgan fingerprint density at radius 1 is 1.56 bits per heavy atom. The van der Waals surface area contributed by atoms with Gasteiger partial charge in [-0.1, -0.05) is 12.1 Å². The van der Waals surface area contributed by atoms with E-state index in [0.717, 1.165) is 6.42 Å². The highest BCUT2D eigenvalue weighted by atomic mass is 16.5. The minimum atomic E-state index is -0.770. The van der Waals surface area contributed by atoms with Crippen LogP contribution in [0.2, 0.25) is 0 Å². The number of nitrogens with one attached hydrogen (secondary N) is 1. The molecule has 1 unspecified atom stereocenters. The van der Waals surface area contributed by atoms with Crippen LogP contribution in [0.1, 0.15) is 32.0 Å². The van der Waals surface area contributed by atoms with E-state index in [1.54, 1.807) is 13.1 Å². The van der Waals surface area contributed by atoms with Gasteiger partial charge in [-0.3, -0.25) is 10.1 Å². The molecule has 0 aromatic carbocycles. The standard InChI is InChI=1S/C10H17N5O3/c1-3-7(11)8-5-15(14-13-8)6-9(16)12-10(17)18-4-2/h5,7H,3-4,6,11H2,1-2H3,(H,12,16,17). The molecule has 0 fully saturated rings. The lowest BCUT2D eigenvalue weighted by atomic mass is 10.2. The Bertz CT molecular complexity index is 417. The fraction of sp³-hybridized carbons (Fsp3) is 0.600. The van der Waals surface area contributed by atoms with Gasteiger partial charge >= 0.3 is 6.09 Å². The molecule has 100 valence electrons. The summed E-state index contributed by atoms with van der Waals surface area (Å²) < 4.78 is 5.89. The molecule has 0 spiro atoms. The summed E-state index contributed by atoms with van der Waals surface area (Å²) in [6.45, 7) is 3.68. The van der Waals surface area contributed by atoms with Crippen LogP contribution in [0.4, 0.5) is 4.79 Å². The van der Waals surface area contributed by atoms with Crippen molar-refractivity contribution in [2.24, 2.45) is 5.73 Å². The summed E-state index contributed by atoms with van der Waals surface area (Å²) in [5.74, 6) is -0.519. The quantitative estimate of drug-likeness (QED) is 0.763. The molecule has 0 saturated carbocycles. The molecule has 1 atom stereocenters. The largest absolute Gasteiger partial charge is 0.450 e. The topological polar surface area (TPSA) is 112 Å². The van der Waals surface area contributed by atoms with Crippen molar-refractivity contribution in [3.63, 3.8) is 0 Å². The summed E-state index contributed by atoms with van der Waals surface area (Å²) in [6, 6.07) is -0.202. The molecule has 8 heteroatoms. The minimum Gasteiger partial charge on any atom is -0.450 e. The van der Waals surface area contributed by atoms with Crippen molar-refractivity contribution in [3.8, 4) is 0 Å².